The quantitative estimate of drug-likeness (QED) is 0.557. The van der Waals surface area contributed by atoms with Crippen LogP contribution in [0.15, 0.2) is 24.3 Å². The van der Waals surface area contributed by atoms with Crippen molar-refractivity contribution >= 4 is 5.91 Å². The molecule has 0 radical (unpaired) electrons. The predicted octanol–water partition coefficient (Wildman–Crippen LogP) is 3.67. The molecule has 38 heavy (non-hydrogen) atoms. The maximum Gasteiger partial charge on any atom is 0.320 e. The summed E-state index contributed by atoms with van der Waals surface area (Å²) in [5.41, 5.74) is 3.32. The lowest BCUT2D eigenvalue weighted by atomic mass is 9.87. The molecule has 1 aromatic heterocycles. The molecule has 1 N–H and O–H groups in total. The lowest BCUT2D eigenvalue weighted by Crippen LogP contribution is -2.54. The maximum absolute atomic E-state index is 13.5. The van der Waals surface area contributed by atoms with Crippen molar-refractivity contribution < 1.29 is 23.7 Å². The zero-order chi connectivity index (χ0) is 27.3. The molecule has 4 rings (SSSR count). The molecule has 9 heteroatoms. The summed E-state index contributed by atoms with van der Waals surface area (Å²) in [5, 5.41) is 3.73. The van der Waals surface area contributed by atoms with Crippen molar-refractivity contribution in [3.05, 3.63) is 46.6 Å². The Bertz CT molecular complexity index is 1080. The van der Waals surface area contributed by atoms with E-state index in [1.807, 2.05) is 11.8 Å². The first-order chi connectivity index (χ1) is 18.2. The number of likely N-dealkylation sites (tertiary alicyclic amines) is 1. The Hall–Kier alpha value is -2.75. The van der Waals surface area contributed by atoms with E-state index in [1.54, 1.807) is 7.11 Å². The lowest BCUT2D eigenvalue weighted by molar-refractivity contribution is -0.0533. The minimum atomic E-state index is -0.123. The second-order valence-corrected chi connectivity index (χ2v) is 11.2. The van der Waals surface area contributed by atoms with E-state index in [1.165, 1.54) is 12.7 Å². The summed E-state index contributed by atoms with van der Waals surface area (Å²) >= 11 is 0. The van der Waals surface area contributed by atoms with Crippen LogP contribution in [0, 0.1) is 6.92 Å². The number of methoxy groups -OCH3 is 2. The number of nitrogens with zero attached hydrogens (tertiary/aromatic N) is 3. The molecule has 0 spiro atoms. The zero-order valence-corrected chi connectivity index (χ0v) is 23.6. The molecule has 3 heterocycles. The molecule has 2 saturated heterocycles. The van der Waals surface area contributed by atoms with Gasteiger partial charge in [0.05, 0.1) is 19.8 Å². The third-order valence-corrected chi connectivity index (χ3v) is 7.50. The first-order valence-corrected chi connectivity index (χ1v) is 13.5. The average Bonchev–Trinajstić information content (AvgIpc) is 2.92. The molecule has 2 aliphatic rings. The van der Waals surface area contributed by atoms with Crippen LogP contribution in [-0.4, -0.2) is 79.5 Å². The number of rotatable bonds is 8. The number of piperidine rings is 1. The highest BCUT2D eigenvalue weighted by Gasteiger charge is 2.31. The van der Waals surface area contributed by atoms with E-state index in [2.05, 4.69) is 60.3 Å². The van der Waals surface area contributed by atoms with E-state index < -0.39 is 0 Å². The van der Waals surface area contributed by atoms with Gasteiger partial charge in [0.2, 0.25) is 5.88 Å². The van der Waals surface area contributed by atoms with Crippen LogP contribution in [0.25, 0.3) is 0 Å². The Labute approximate surface area is 226 Å². The van der Waals surface area contributed by atoms with Gasteiger partial charge in [0.25, 0.3) is 5.91 Å². The van der Waals surface area contributed by atoms with E-state index in [-0.39, 0.29) is 29.5 Å². The van der Waals surface area contributed by atoms with Crippen LogP contribution in [0.2, 0.25) is 0 Å². The molecule has 2 aromatic rings. The predicted molar refractivity (Wildman–Crippen MR) is 145 cm³/mol. The molecule has 208 valence electrons. The largest absolute Gasteiger partial charge is 0.472 e. The lowest BCUT2D eigenvalue weighted by Gasteiger charge is -2.38. The highest BCUT2D eigenvalue weighted by atomic mass is 16.5. The summed E-state index contributed by atoms with van der Waals surface area (Å²) in [7, 11) is 3.23. The fourth-order valence-corrected chi connectivity index (χ4v) is 5.01. The molecule has 2 atom stereocenters. The summed E-state index contributed by atoms with van der Waals surface area (Å²) in [4.78, 5) is 24.2. The van der Waals surface area contributed by atoms with Crippen LogP contribution in [0.1, 0.15) is 67.2 Å². The second kappa shape index (κ2) is 12.4. The van der Waals surface area contributed by atoms with Crippen molar-refractivity contribution in [2.75, 3.05) is 40.5 Å². The topological polar surface area (TPSA) is 95.0 Å². The molecule has 0 aliphatic carbocycles. The van der Waals surface area contributed by atoms with Crippen molar-refractivity contribution in [2.45, 2.75) is 77.2 Å². The number of ether oxygens (including phenoxy) is 4. The van der Waals surface area contributed by atoms with Gasteiger partial charge in [-0.1, -0.05) is 45.0 Å². The van der Waals surface area contributed by atoms with Gasteiger partial charge in [-0.05, 0) is 42.7 Å². The SMILES string of the molecule is COc1nc(OCc2ccc(C(C)(C)C)cc2)c(C)c(C(=O)N2CCC(NC3CCOCC3OC)CC2)n1. The Morgan fingerprint density at radius 3 is 2.45 bits per heavy atom. The molecule has 0 saturated carbocycles. The van der Waals surface area contributed by atoms with Gasteiger partial charge in [-0.3, -0.25) is 4.79 Å². The highest BCUT2D eigenvalue weighted by Crippen LogP contribution is 2.26. The van der Waals surface area contributed by atoms with Gasteiger partial charge < -0.3 is 29.2 Å². The van der Waals surface area contributed by atoms with Gasteiger partial charge in [-0.15, -0.1) is 0 Å². The summed E-state index contributed by atoms with van der Waals surface area (Å²) in [5.74, 6) is 0.239. The van der Waals surface area contributed by atoms with E-state index in [0.717, 1.165) is 31.4 Å². The third kappa shape index (κ3) is 6.81. The number of carbonyl (C=O) groups is 1. The fourth-order valence-electron chi connectivity index (χ4n) is 5.01. The average molecular weight is 527 g/mol. The maximum atomic E-state index is 13.5. The zero-order valence-electron chi connectivity index (χ0n) is 23.6. The molecule has 1 aromatic carbocycles. The molecule has 2 unspecified atom stereocenters. The van der Waals surface area contributed by atoms with E-state index in [4.69, 9.17) is 18.9 Å². The molecular formula is C29H42N4O5. The summed E-state index contributed by atoms with van der Waals surface area (Å²) in [6.45, 7) is 11.4. The standard InChI is InChI=1S/C29H42N4O5/c1-19-25(27(34)33-14-11-22(12-15-33)30-23-13-16-37-18-24(23)35-5)31-28(36-6)32-26(19)38-17-20-7-9-21(10-8-20)29(2,3)4/h7-10,22-24,30H,11-18H2,1-6H3. The Kier molecular flexibility index (Phi) is 9.23. The van der Waals surface area contributed by atoms with Gasteiger partial charge in [0.15, 0.2) is 0 Å². The normalized spacial score (nSPS) is 20.8. The number of nitrogens with one attached hydrogen (secondary N) is 1. The van der Waals surface area contributed by atoms with E-state index in [9.17, 15) is 4.79 Å². The Balaban J connectivity index is 1.39. The van der Waals surface area contributed by atoms with Crippen molar-refractivity contribution in [3.8, 4) is 11.9 Å². The monoisotopic (exact) mass is 526 g/mol. The number of hydrogen-bond donors (Lipinski definition) is 1. The summed E-state index contributed by atoms with van der Waals surface area (Å²) < 4.78 is 22.5. The molecule has 1 amide bonds. The van der Waals surface area contributed by atoms with Crippen LogP contribution in [0.3, 0.4) is 0 Å². The van der Waals surface area contributed by atoms with Crippen molar-refractivity contribution in [3.63, 3.8) is 0 Å². The van der Waals surface area contributed by atoms with Crippen LogP contribution < -0.4 is 14.8 Å². The van der Waals surface area contributed by atoms with Gasteiger partial charge in [0, 0.05) is 44.5 Å². The number of carbonyl (C=O) groups excluding carboxylic acids is 1. The van der Waals surface area contributed by atoms with Gasteiger partial charge in [0.1, 0.15) is 12.3 Å². The van der Waals surface area contributed by atoms with Gasteiger partial charge >= 0.3 is 6.01 Å². The summed E-state index contributed by atoms with van der Waals surface area (Å²) in [6, 6.07) is 9.11. The second-order valence-electron chi connectivity index (χ2n) is 11.2. The van der Waals surface area contributed by atoms with Crippen molar-refractivity contribution in [1.82, 2.24) is 20.2 Å². The fraction of sp³-hybridized carbons (Fsp3) is 0.621. The Morgan fingerprint density at radius 1 is 1.11 bits per heavy atom. The van der Waals surface area contributed by atoms with Gasteiger partial charge in [-0.25, -0.2) is 0 Å². The molecule has 0 bridgehead atoms. The first-order valence-electron chi connectivity index (χ1n) is 13.5. The van der Waals surface area contributed by atoms with Crippen molar-refractivity contribution in [1.29, 1.82) is 0 Å². The number of aromatic nitrogens is 2. The third-order valence-electron chi connectivity index (χ3n) is 7.50. The minimum Gasteiger partial charge on any atom is -0.472 e. The van der Waals surface area contributed by atoms with E-state index in [0.29, 0.717) is 49.5 Å². The van der Waals surface area contributed by atoms with Crippen molar-refractivity contribution in [2.24, 2.45) is 0 Å². The highest BCUT2D eigenvalue weighted by molar-refractivity contribution is 5.94. The van der Waals surface area contributed by atoms with Crippen LogP contribution >= 0.6 is 0 Å². The Morgan fingerprint density at radius 2 is 1.82 bits per heavy atom. The first kappa shape index (κ1) is 28.3. The number of hydrogen-bond acceptors (Lipinski definition) is 8. The molecule has 9 nitrogen and oxygen atoms in total. The van der Waals surface area contributed by atoms with Crippen LogP contribution in [-0.2, 0) is 21.5 Å². The molecule has 2 fully saturated rings. The van der Waals surface area contributed by atoms with Crippen LogP contribution in [0.5, 0.6) is 11.9 Å². The molecule has 2 aliphatic heterocycles. The molecular weight excluding hydrogens is 484 g/mol. The number of benzene rings is 1. The van der Waals surface area contributed by atoms with Gasteiger partial charge in [-0.2, -0.15) is 9.97 Å². The van der Waals surface area contributed by atoms with E-state index >= 15 is 0 Å². The minimum absolute atomic E-state index is 0.0643. The smallest absolute Gasteiger partial charge is 0.320 e. The number of amides is 1. The summed E-state index contributed by atoms with van der Waals surface area (Å²) in [6.07, 6.45) is 2.74. The van der Waals surface area contributed by atoms with Crippen LogP contribution in [0.4, 0.5) is 0 Å².